The first-order valence-electron chi connectivity index (χ1n) is 3.29. The van der Waals surface area contributed by atoms with E-state index in [0.717, 1.165) is 15.5 Å². The minimum atomic E-state index is 0.266. The SMILES string of the molecule is Nc1ncc2ncc(Br)cc2n1. The molecule has 0 spiro atoms. The Morgan fingerprint density at radius 1 is 1.17 bits per heavy atom. The van der Waals surface area contributed by atoms with Crippen LogP contribution in [0.1, 0.15) is 0 Å². The lowest BCUT2D eigenvalue weighted by atomic mass is 10.4. The highest BCUT2D eigenvalue weighted by Gasteiger charge is 1.97. The molecule has 0 fully saturated rings. The third-order valence-electron chi connectivity index (χ3n) is 1.42. The van der Waals surface area contributed by atoms with E-state index in [9.17, 15) is 0 Å². The fraction of sp³-hybridized carbons (Fsp3) is 0. The lowest BCUT2D eigenvalue weighted by molar-refractivity contribution is 1.21. The van der Waals surface area contributed by atoms with Crippen LogP contribution in [-0.4, -0.2) is 15.0 Å². The Kier molecular flexibility index (Phi) is 1.65. The standard InChI is InChI=1S/C7H5BrN4/c8-4-1-5-6(10-2-4)3-11-7(9)12-5/h1-3H,(H2,9,11,12). The van der Waals surface area contributed by atoms with Crippen LogP contribution in [0.2, 0.25) is 0 Å². The van der Waals surface area contributed by atoms with Gasteiger partial charge in [-0.3, -0.25) is 4.98 Å². The predicted octanol–water partition coefficient (Wildman–Crippen LogP) is 1.37. The number of hydrogen-bond acceptors (Lipinski definition) is 4. The number of nitrogens with two attached hydrogens (primary N) is 1. The van der Waals surface area contributed by atoms with E-state index in [4.69, 9.17) is 5.73 Å². The van der Waals surface area contributed by atoms with Crippen LogP contribution in [0.25, 0.3) is 11.0 Å². The average molecular weight is 225 g/mol. The van der Waals surface area contributed by atoms with Crippen molar-refractivity contribution in [1.82, 2.24) is 15.0 Å². The topological polar surface area (TPSA) is 64.7 Å². The normalized spacial score (nSPS) is 10.4. The first kappa shape index (κ1) is 7.42. The summed E-state index contributed by atoms with van der Waals surface area (Å²) >= 11 is 3.29. The van der Waals surface area contributed by atoms with E-state index in [0.29, 0.717) is 0 Å². The van der Waals surface area contributed by atoms with Crippen molar-refractivity contribution >= 4 is 32.9 Å². The lowest BCUT2D eigenvalue weighted by Crippen LogP contribution is -1.94. The molecule has 0 aliphatic heterocycles. The van der Waals surface area contributed by atoms with Gasteiger partial charge in [0.05, 0.1) is 11.7 Å². The fourth-order valence-corrected chi connectivity index (χ4v) is 1.23. The molecule has 2 aromatic heterocycles. The zero-order valence-corrected chi connectivity index (χ0v) is 7.62. The van der Waals surface area contributed by atoms with Crippen molar-refractivity contribution in [2.45, 2.75) is 0 Å². The Morgan fingerprint density at radius 2 is 2.00 bits per heavy atom. The number of pyridine rings is 1. The third kappa shape index (κ3) is 1.23. The summed E-state index contributed by atoms with van der Waals surface area (Å²) in [5, 5.41) is 0. The van der Waals surface area contributed by atoms with Crippen molar-refractivity contribution in [3.8, 4) is 0 Å². The van der Waals surface area contributed by atoms with Crippen molar-refractivity contribution in [3.63, 3.8) is 0 Å². The first-order valence-corrected chi connectivity index (χ1v) is 4.09. The smallest absolute Gasteiger partial charge is 0.220 e. The molecule has 12 heavy (non-hydrogen) atoms. The summed E-state index contributed by atoms with van der Waals surface area (Å²) in [6, 6.07) is 1.85. The average Bonchev–Trinajstić information content (AvgIpc) is 2.03. The number of hydrogen-bond donors (Lipinski definition) is 1. The molecular weight excluding hydrogens is 220 g/mol. The summed E-state index contributed by atoms with van der Waals surface area (Å²) < 4.78 is 0.883. The quantitative estimate of drug-likeness (QED) is 0.735. The van der Waals surface area contributed by atoms with E-state index in [-0.39, 0.29) is 5.95 Å². The molecule has 0 bridgehead atoms. The van der Waals surface area contributed by atoms with E-state index in [2.05, 4.69) is 30.9 Å². The van der Waals surface area contributed by atoms with E-state index < -0.39 is 0 Å². The van der Waals surface area contributed by atoms with Crippen molar-refractivity contribution in [2.75, 3.05) is 5.73 Å². The summed E-state index contributed by atoms with van der Waals surface area (Å²) in [6.45, 7) is 0. The third-order valence-corrected chi connectivity index (χ3v) is 1.85. The highest BCUT2D eigenvalue weighted by molar-refractivity contribution is 9.10. The first-order chi connectivity index (χ1) is 5.75. The molecule has 2 aromatic rings. The van der Waals surface area contributed by atoms with Gasteiger partial charge in [-0.1, -0.05) is 0 Å². The highest BCUT2D eigenvalue weighted by Crippen LogP contribution is 2.14. The summed E-state index contributed by atoms with van der Waals surface area (Å²) in [6.07, 6.45) is 3.30. The van der Waals surface area contributed by atoms with Crippen molar-refractivity contribution in [3.05, 3.63) is 22.9 Å². The fourth-order valence-electron chi connectivity index (χ4n) is 0.908. The maximum absolute atomic E-state index is 5.41. The van der Waals surface area contributed by atoms with Crippen LogP contribution in [0.3, 0.4) is 0 Å². The van der Waals surface area contributed by atoms with Gasteiger partial charge < -0.3 is 5.73 Å². The highest BCUT2D eigenvalue weighted by atomic mass is 79.9. The summed E-state index contributed by atoms with van der Waals surface area (Å²) in [7, 11) is 0. The zero-order chi connectivity index (χ0) is 8.55. The Labute approximate surface area is 77.0 Å². The van der Waals surface area contributed by atoms with Gasteiger partial charge in [0.1, 0.15) is 5.52 Å². The largest absolute Gasteiger partial charge is 0.368 e. The van der Waals surface area contributed by atoms with Crippen LogP contribution < -0.4 is 5.73 Å². The molecule has 2 rings (SSSR count). The number of nitrogen functional groups attached to an aromatic ring is 1. The molecule has 2 heterocycles. The van der Waals surface area contributed by atoms with Crippen LogP contribution in [0, 0.1) is 0 Å². The predicted molar refractivity (Wildman–Crippen MR) is 49.4 cm³/mol. The Balaban J connectivity index is 2.80. The van der Waals surface area contributed by atoms with Crippen molar-refractivity contribution < 1.29 is 0 Å². The Morgan fingerprint density at radius 3 is 2.83 bits per heavy atom. The second kappa shape index (κ2) is 2.67. The second-order valence-electron chi connectivity index (χ2n) is 2.29. The van der Waals surface area contributed by atoms with E-state index in [1.165, 1.54) is 0 Å². The van der Waals surface area contributed by atoms with E-state index in [1.54, 1.807) is 12.4 Å². The molecule has 0 atom stereocenters. The van der Waals surface area contributed by atoms with Crippen LogP contribution in [0.4, 0.5) is 5.95 Å². The Bertz CT molecular complexity index is 392. The number of anilines is 1. The summed E-state index contributed by atoms with van der Waals surface area (Å²) in [5.41, 5.74) is 6.90. The molecule has 2 N–H and O–H groups in total. The van der Waals surface area contributed by atoms with Gasteiger partial charge in [0, 0.05) is 10.7 Å². The van der Waals surface area contributed by atoms with Gasteiger partial charge in [0.2, 0.25) is 5.95 Å². The summed E-state index contributed by atoms with van der Waals surface area (Å²) in [4.78, 5) is 11.9. The van der Waals surface area contributed by atoms with Gasteiger partial charge in [-0.15, -0.1) is 0 Å². The molecule has 60 valence electrons. The van der Waals surface area contributed by atoms with Crippen LogP contribution in [-0.2, 0) is 0 Å². The maximum atomic E-state index is 5.41. The van der Waals surface area contributed by atoms with Gasteiger partial charge in [-0.2, -0.15) is 0 Å². The monoisotopic (exact) mass is 224 g/mol. The number of halogens is 1. The van der Waals surface area contributed by atoms with E-state index in [1.807, 2.05) is 6.07 Å². The van der Waals surface area contributed by atoms with Gasteiger partial charge in [0.25, 0.3) is 0 Å². The number of fused-ring (bicyclic) bond motifs is 1. The van der Waals surface area contributed by atoms with Crippen molar-refractivity contribution in [2.24, 2.45) is 0 Å². The van der Waals surface area contributed by atoms with Gasteiger partial charge in [0.15, 0.2) is 0 Å². The van der Waals surface area contributed by atoms with Crippen LogP contribution in [0.5, 0.6) is 0 Å². The molecule has 5 heteroatoms. The Hall–Kier alpha value is -1.23. The molecule has 0 unspecified atom stereocenters. The minimum Gasteiger partial charge on any atom is -0.368 e. The van der Waals surface area contributed by atoms with Gasteiger partial charge in [-0.25, -0.2) is 9.97 Å². The zero-order valence-electron chi connectivity index (χ0n) is 6.03. The molecule has 0 aromatic carbocycles. The molecule has 0 saturated carbocycles. The molecule has 0 saturated heterocycles. The number of aromatic nitrogens is 3. The van der Waals surface area contributed by atoms with Crippen molar-refractivity contribution in [1.29, 1.82) is 0 Å². The van der Waals surface area contributed by atoms with Gasteiger partial charge in [-0.05, 0) is 22.0 Å². The van der Waals surface area contributed by atoms with Crippen LogP contribution in [0.15, 0.2) is 22.9 Å². The molecule has 4 nitrogen and oxygen atoms in total. The number of nitrogens with zero attached hydrogens (tertiary/aromatic N) is 3. The summed E-state index contributed by atoms with van der Waals surface area (Å²) in [5.74, 6) is 0.266. The number of rotatable bonds is 0. The van der Waals surface area contributed by atoms with Gasteiger partial charge >= 0.3 is 0 Å². The molecule has 0 aliphatic rings. The van der Waals surface area contributed by atoms with Crippen LogP contribution >= 0.6 is 15.9 Å². The molecule has 0 amide bonds. The van der Waals surface area contributed by atoms with E-state index >= 15 is 0 Å². The lowest BCUT2D eigenvalue weighted by Gasteiger charge is -1.96. The molecule has 0 radical (unpaired) electrons. The molecule has 0 aliphatic carbocycles. The maximum Gasteiger partial charge on any atom is 0.220 e. The minimum absolute atomic E-state index is 0.266. The second-order valence-corrected chi connectivity index (χ2v) is 3.20. The molecular formula is C7H5BrN4.